The van der Waals surface area contributed by atoms with E-state index in [2.05, 4.69) is 20.4 Å². The third kappa shape index (κ3) is 1.74. The van der Waals surface area contributed by atoms with Gasteiger partial charge in [0.2, 0.25) is 0 Å². The Hall–Kier alpha value is -0.500. The van der Waals surface area contributed by atoms with E-state index >= 15 is 0 Å². The molecule has 0 spiro atoms. The second kappa shape index (κ2) is 2.86. The van der Waals surface area contributed by atoms with Gasteiger partial charge in [-0.3, -0.25) is 0 Å². The molecule has 0 bridgehead atoms. The number of ether oxygens (including phenoxy) is 1. The monoisotopic (exact) mass is 155 g/mol. The zero-order valence-electron chi connectivity index (χ0n) is 7.39. The summed E-state index contributed by atoms with van der Waals surface area (Å²) in [5.41, 5.74) is 6.38. The summed E-state index contributed by atoms with van der Waals surface area (Å²) in [6.45, 7) is 7.94. The van der Waals surface area contributed by atoms with Crippen molar-refractivity contribution in [3.63, 3.8) is 0 Å². The molecule has 0 aromatic carbocycles. The minimum atomic E-state index is 0.141. The molecule has 2 unspecified atom stereocenters. The number of nitrogens with two attached hydrogens (primary N) is 1. The lowest BCUT2D eigenvalue weighted by molar-refractivity contribution is 0.275. The molecule has 0 amide bonds. The number of rotatable bonds is 4. The third-order valence-corrected chi connectivity index (χ3v) is 2.56. The molecule has 0 aliphatic carbocycles. The van der Waals surface area contributed by atoms with Crippen LogP contribution in [0.2, 0.25) is 0 Å². The third-order valence-electron chi connectivity index (χ3n) is 2.56. The Morgan fingerprint density at radius 2 is 2.27 bits per heavy atom. The first-order chi connectivity index (χ1) is 5.10. The van der Waals surface area contributed by atoms with Gasteiger partial charge >= 0.3 is 0 Å². The number of hydrogen-bond acceptors (Lipinski definition) is 2. The molecule has 11 heavy (non-hydrogen) atoms. The van der Waals surface area contributed by atoms with Crippen LogP contribution in [0.1, 0.15) is 33.1 Å². The van der Waals surface area contributed by atoms with E-state index in [1.807, 2.05) is 0 Å². The second-order valence-corrected chi connectivity index (χ2v) is 3.34. The Labute approximate surface area is 68.4 Å². The molecule has 1 heterocycles. The summed E-state index contributed by atoms with van der Waals surface area (Å²) < 4.78 is 5.51. The van der Waals surface area contributed by atoms with E-state index in [9.17, 15) is 0 Å². The highest BCUT2D eigenvalue weighted by molar-refractivity contribution is 5.02. The van der Waals surface area contributed by atoms with Crippen molar-refractivity contribution in [2.24, 2.45) is 5.73 Å². The molecular formula is C9H17NO. The predicted octanol–water partition coefficient (Wildman–Crippen LogP) is 1.81. The molecule has 0 aromatic rings. The van der Waals surface area contributed by atoms with Crippen LogP contribution in [-0.4, -0.2) is 11.7 Å². The Balaban J connectivity index is 2.30. The Bertz CT molecular complexity index is 163. The SMILES string of the molecule is C=C(N)CCC1(CC)OC1C. The first-order valence-corrected chi connectivity index (χ1v) is 4.22. The van der Waals surface area contributed by atoms with E-state index in [1.54, 1.807) is 0 Å². The van der Waals surface area contributed by atoms with Crippen molar-refractivity contribution in [1.29, 1.82) is 0 Å². The minimum Gasteiger partial charge on any atom is -0.403 e. The van der Waals surface area contributed by atoms with E-state index in [0.29, 0.717) is 6.10 Å². The summed E-state index contributed by atoms with van der Waals surface area (Å²) in [6.07, 6.45) is 3.42. The average molecular weight is 155 g/mol. The summed E-state index contributed by atoms with van der Waals surface area (Å²) in [4.78, 5) is 0. The van der Waals surface area contributed by atoms with Crippen LogP contribution in [0.15, 0.2) is 12.3 Å². The van der Waals surface area contributed by atoms with Crippen LogP contribution in [0.5, 0.6) is 0 Å². The average Bonchev–Trinajstić information content (AvgIpc) is 2.59. The Morgan fingerprint density at radius 1 is 1.73 bits per heavy atom. The minimum absolute atomic E-state index is 0.141. The van der Waals surface area contributed by atoms with E-state index in [1.165, 1.54) is 0 Å². The lowest BCUT2D eigenvalue weighted by atomic mass is 9.96. The first-order valence-electron chi connectivity index (χ1n) is 4.22. The molecule has 1 rings (SSSR count). The van der Waals surface area contributed by atoms with Crippen molar-refractivity contribution in [2.45, 2.75) is 44.8 Å². The molecular weight excluding hydrogens is 138 g/mol. The molecule has 2 N–H and O–H groups in total. The van der Waals surface area contributed by atoms with Crippen LogP contribution in [0, 0.1) is 0 Å². The van der Waals surface area contributed by atoms with Crippen molar-refractivity contribution in [3.05, 3.63) is 12.3 Å². The van der Waals surface area contributed by atoms with Crippen LogP contribution in [0.25, 0.3) is 0 Å². The smallest absolute Gasteiger partial charge is 0.0946 e. The number of allylic oxidation sites excluding steroid dienone is 1. The van der Waals surface area contributed by atoms with Gasteiger partial charge in [0.05, 0.1) is 11.7 Å². The van der Waals surface area contributed by atoms with Gasteiger partial charge in [-0.2, -0.15) is 0 Å². The maximum atomic E-state index is 5.51. The van der Waals surface area contributed by atoms with Gasteiger partial charge in [0.1, 0.15) is 0 Å². The molecule has 0 radical (unpaired) electrons. The summed E-state index contributed by atoms with van der Waals surface area (Å²) in [5, 5.41) is 0. The molecule has 0 saturated carbocycles. The zero-order chi connectivity index (χ0) is 8.48. The maximum Gasteiger partial charge on any atom is 0.0946 e. The summed E-state index contributed by atoms with van der Waals surface area (Å²) in [5.74, 6) is 0. The normalized spacial score (nSPS) is 35.3. The van der Waals surface area contributed by atoms with Crippen molar-refractivity contribution in [1.82, 2.24) is 0 Å². The zero-order valence-corrected chi connectivity index (χ0v) is 7.39. The highest BCUT2D eigenvalue weighted by atomic mass is 16.6. The van der Waals surface area contributed by atoms with Gasteiger partial charge in [0, 0.05) is 5.70 Å². The molecule has 1 aliphatic rings. The van der Waals surface area contributed by atoms with Crippen molar-refractivity contribution in [2.75, 3.05) is 0 Å². The van der Waals surface area contributed by atoms with Crippen LogP contribution < -0.4 is 5.73 Å². The maximum absolute atomic E-state index is 5.51. The van der Waals surface area contributed by atoms with E-state index < -0.39 is 0 Å². The fourth-order valence-electron chi connectivity index (χ4n) is 1.50. The molecule has 1 fully saturated rings. The molecule has 64 valence electrons. The standard InChI is InChI=1S/C9H17NO/c1-4-9(8(3)11-9)6-5-7(2)10/h8H,2,4-6,10H2,1,3H3. The second-order valence-electron chi connectivity index (χ2n) is 3.34. The fourth-order valence-corrected chi connectivity index (χ4v) is 1.50. The number of epoxide rings is 1. The van der Waals surface area contributed by atoms with Crippen LogP contribution in [-0.2, 0) is 4.74 Å². The quantitative estimate of drug-likeness (QED) is 0.629. The first kappa shape index (κ1) is 8.60. The largest absolute Gasteiger partial charge is 0.403 e. The number of hydrogen-bond donors (Lipinski definition) is 1. The van der Waals surface area contributed by atoms with Gasteiger partial charge in [0.15, 0.2) is 0 Å². The molecule has 1 saturated heterocycles. The molecule has 2 atom stereocenters. The summed E-state index contributed by atoms with van der Waals surface area (Å²) in [7, 11) is 0. The van der Waals surface area contributed by atoms with Gasteiger partial charge in [-0.15, -0.1) is 0 Å². The summed E-state index contributed by atoms with van der Waals surface area (Å²) >= 11 is 0. The van der Waals surface area contributed by atoms with E-state index in [0.717, 1.165) is 25.0 Å². The van der Waals surface area contributed by atoms with Crippen molar-refractivity contribution in [3.8, 4) is 0 Å². The van der Waals surface area contributed by atoms with E-state index in [-0.39, 0.29) is 5.60 Å². The van der Waals surface area contributed by atoms with Crippen molar-refractivity contribution < 1.29 is 4.74 Å². The molecule has 1 aliphatic heterocycles. The van der Waals surface area contributed by atoms with Gasteiger partial charge < -0.3 is 10.5 Å². The fraction of sp³-hybridized carbons (Fsp3) is 0.778. The van der Waals surface area contributed by atoms with Gasteiger partial charge in [-0.1, -0.05) is 13.5 Å². The molecule has 2 heteroatoms. The Kier molecular flexibility index (Phi) is 2.23. The van der Waals surface area contributed by atoms with E-state index in [4.69, 9.17) is 10.5 Å². The highest BCUT2D eigenvalue weighted by Gasteiger charge is 2.50. The Morgan fingerprint density at radius 3 is 2.55 bits per heavy atom. The van der Waals surface area contributed by atoms with Crippen LogP contribution in [0.3, 0.4) is 0 Å². The highest BCUT2D eigenvalue weighted by Crippen LogP contribution is 2.43. The van der Waals surface area contributed by atoms with Gasteiger partial charge in [-0.25, -0.2) is 0 Å². The van der Waals surface area contributed by atoms with Crippen LogP contribution >= 0.6 is 0 Å². The molecule has 0 aromatic heterocycles. The van der Waals surface area contributed by atoms with Gasteiger partial charge in [0.25, 0.3) is 0 Å². The van der Waals surface area contributed by atoms with Crippen molar-refractivity contribution >= 4 is 0 Å². The summed E-state index contributed by atoms with van der Waals surface area (Å²) in [6, 6.07) is 0. The predicted molar refractivity (Wildman–Crippen MR) is 46.1 cm³/mol. The lowest BCUT2D eigenvalue weighted by Crippen LogP contribution is -2.13. The van der Waals surface area contributed by atoms with Crippen LogP contribution in [0.4, 0.5) is 0 Å². The van der Waals surface area contributed by atoms with Gasteiger partial charge in [-0.05, 0) is 26.2 Å². The molecule has 2 nitrogen and oxygen atoms in total. The topological polar surface area (TPSA) is 38.5 Å². The lowest BCUT2D eigenvalue weighted by Gasteiger charge is -2.08.